The molecular weight excluding hydrogens is 791 g/mol. The fourth-order valence-corrected chi connectivity index (χ4v) is 10.8. The van der Waals surface area contributed by atoms with E-state index in [2.05, 4.69) is 192 Å². The molecule has 1 aliphatic carbocycles. The molecule has 0 aromatic heterocycles. The molecule has 0 amide bonds. The average Bonchev–Trinajstić information content (AvgIpc) is 3.90. The van der Waals surface area contributed by atoms with Crippen LogP contribution in [0.2, 0.25) is 0 Å². The number of fused-ring (bicyclic) bond motifs is 8. The highest BCUT2D eigenvalue weighted by Gasteiger charge is 2.33. The molecule has 65 heavy (non-hydrogen) atoms. The van der Waals surface area contributed by atoms with Crippen molar-refractivity contribution in [1.82, 2.24) is 0 Å². The number of benzene rings is 9. The van der Waals surface area contributed by atoms with Gasteiger partial charge in [-0.25, -0.2) is 0 Å². The van der Waals surface area contributed by atoms with Gasteiger partial charge in [-0.05, 0) is 146 Å². The Hall–Kier alpha value is -7.62. The second-order valence-electron chi connectivity index (χ2n) is 19.9. The van der Waals surface area contributed by atoms with Crippen molar-refractivity contribution in [2.45, 2.75) is 52.4 Å². The number of Topliss-reactive ketones (excluding diaryl/α,β-unsaturated/α-hetero) is 2. The monoisotopic (exact) mass is 837 g/mol. The lowest BCUT2D eigenvalue weighted by molar-refractivity contribution is 0.0990. The second kappa shape index (κ2) is 13.9. The number of hydrogen-bond donors (Lipinski definition) is 0. The van der Waals surface area contributed by atoms with Gasteiger partial charge in [-0.15, -0.1) is 0 Å². The quantitative estimate of drug-likeness (QED) is 0.128. The molecule has 0 aliphatic heterocycles. The molecule has 0 spiro atoms. The number of carbonyl (C=O) groups is 2. The minimum Gasteiger partial charge on any atom is -0.310 e. The Morgan fingerprint density at radius 2 is 0.892 bits per heavy atom. The SMILES string of the molecule is CC(C)(C)c1ccc(N(c2ccc(C(C)(C)C)cc2)c2cc3c(-c4ccccc4)c4c5cccc6c(C=C7C(=O)c8ccccc8C7=O)ccc(c65)c4c4c5ccccc5c(c2)c34)cc1. The van der Waals surface area contributed by atoms with Crippen molar-refractivity contribution in [3.8, 4) is 11.1 Å². The topological polar surface area (TPSA) is 37.4 Å². The standard InChI is InChI=1S/C62H47NO2/c1-61(2,3)38-24-28-40(29-25-38)63(41-30-26-39(27-31-41)62(4,5)6)42-34-50-44-17-10-11-18-45(44)56-55(50)51(35-42)53(36-15-8-7-9-16-36)57-48-22-14-21-43-37(23-32-49(54(43)48)58(56)57)33-52-59(64)46-19-12-13-20-47(46)60(52)65/h7-35H,1-6H3. The molecular formula is C62H47NO2. The van der Waals surface area contributed by atoms with E-state index in [-0.39, 0.29) is 28.0 Å². The molecule has 12 rings (SSSR count). The Morgan fingerprint density at radius 3 is 1.51 bits per heavy atom. The van der Waals surface area contributed by atoms with Crippen LogP contribution in [0.4, 0.5) is 17.1 Å². The van der Waals surface area contributed by atoms with Gasteiger partial charge >= 0.3 is 0 Å². The second-order valence-corrected chi connectivity index (χ2v) is 19.9. The minimum atomic E-state index is -0.216. The first kappa shape index (κ1) is 39.0. The highest BCUT2D eigenvalue weighted by Crippen LogP contribution is 2.55. The van der Waals surface area contributed by atoms with Crippen LogP contribution in [0, 0.1) is 0 Å². The van der Waals surface area contributed by atoms with Crippen LogP contribution >= 0.6 is 0 Å². The normalized spacial score (nSPS) is 13.4. The zero-order valence-corrected chi connectivity index (χ0v) is 37.5. The van der Waals surface area contributed by atoms with Gasteiger partial charge in [-0.1, -0.05) is 175 Å². The summed E-state index contributed by atoms with van der Waals surface area (Å²) >= 11 is 0. The Balaban J connectivity index is 1.20. The molecule has 0 fully saturated rings. The van der Waals surface area contributed by atoms with E-state index in [0.717, 1.165) is 44.3 Å². The molecule has 0 N–H and O–H groups in total. The number of rotatable bonds is 5. The molecule has 11 aromatic rings. The summed E-state index contributed by atoms with van der Waals surface area (Å²) in [5.74, 6) is -0.431. The highest BCUT2D eigenvalue weighted by molar-refractivity contribution is 6.49. The van der Waals surface area contributed by atoms with Crippen molar-refractivity contribution in [3.63, 3.8) is 0 Å². The van der Waals surface area contributed by atoms with E-state index in [1.165, 1.54) is 65.2 Å². The maximum Gasteiger partial charge on any atom is 0.197 e. The zero-order valence-electron chi connectivity index (χ0n) is 37.5. The largest absolute Gasteiger partial charge is 0.310 e. The molecule has 0 heterocycles. The van der Waals surface area contributed by atoms with Crippen molar-refractivity contribution in [1.29, 1.82) is 0 Å². The van der Waals surface area contributed by atoms with Gasteiger partial charge in [0.25, 0.3) is 0 Å². The molecule has 0 atom stereocenters. The van der Waals surface area contributed by atoms with Crippen LogP contribution in [-0.4, -0.2) is 11.6 Å². The van der Waals surface area contributed by atoms with Crippen molar-refractivity contribution >= 4 is 99.3 Å². The minimum absolute atomic E-state index is 0.0208. The Bertz CT molecular complexity index is 3690. The van der Waals surface area contributed by atoms with Gasteiger partial charge in [0.1, 0.15) is 0 Å². The summed E-state index contributed by atoms with van der Waals surface area (Å²) in [6.07, 6.45) is 1.82. The summed E-state index contributed by atoms with van der Waals surface area (Å²) in [6.45, 7) is 13.6. The van der Waals surface area contributed by atoms with E-state index in [9.17, 15) is 9.59 Å². The van der Waals surface area contributed by atoms with E-state index >= 15 is 0 Å². The highest BCUT2D eigenvalue weighted by atomic mass is 16.2. The van der Waals surface area contributed by atoms with Crippen molar-refractivity contribution in [2.75, 3.05) is 4.90 Å². The molecule has 0 unspecified atom stereocenters. The number of carbonyl (C=O) groups excluding carboxylic acids is 2. The van der Waals surface area contributed by atoms with Crippen LogP contribution < -0.4 is 4.90 Å². The fraction of sp³-hybridized carbons (Fsp3) is 0.129. The van der Waals surface area contributed by atoms with Crippen molar-refractivity contribution in [2.24, 2.45) is 0 Å². The summed E-state index contributed by atoms with van der Waals surface area (Å²) in [6, 6.07) is 60.8. The predicted octanol–water partition coefficient (Wildman–Crippen LogP) is 16.7. The Labute approximate surface area is 378 Å². The lowest BCUT2D eigenvalue weighted by atomic mass is 9.86. The number of anilines is 3. The maximum absolute atomic E-state index is 13.7. The van der Waals surface area contributed by atoms with Gasteiger partial charge in [0, 0.05) is 28.2 Å². The average molecular weight is 838 g/mol. The molecule has 11 aromatic carbocycles. The van der Waals surface area contributed by atoms with Crippen LogP contribution in [0.5, 0.6) is 0 Å². The van der Waals surface area contributed by atoms with Crippen LogP contribution in [0.15, 0.2) is 175 Å². The fourth-order valence-electron chi connectivity index (χ4n) is 10.8. The van der Waals surface area contributed by atoms with Crippen molar-refractivity contribution < 1.29 is 9.59 Å². The molecule has 0 saturated carbocycles. The van der Waals surface area contributed by atoms with Crippen LogP contribution in [0.3, 0.4) is 0 Å². The van der Waals surface area contributed by atoms with Gasteiger partial charge in [0.05, 0.1) is 5.57 Å². The first-order valence-electron chi connectivity index (χ1n) is 22.7. The van der Waals surface area contributed by atoms with Crippen molar-refractivity contribution in [3.05, 3.63) is 203 Å². The lowest BCUT2D eigenvalue weighted by Crippen LogP contribution is -2.14. The Morgan fingerprint density at radius 1 is 0.385 bits per heavy atom. The van der Waals surface area contributed by atoms with E-state index in [1.54, 1.807) is 12.1 Å². The third-order valence-corrected chi connectivity index (χ3v) is 14.0. The Kier molecular flexibility index (Phi) is 8.36. The molecule has 0 radical (unpaired) electrons. The van der Waals surface area contributed by atoms with Crippen LogP contribution in [0.1, 0.15) is 78.9 Å². The van der Waals surface area contributed by atoms with Gasteiger partial charge in [0.15, 0.2) is 11.6 Å². The lowest BCUT2D eigenvalue weighted by Gasteiger charge is -2.28. The van der Waals surface area contributed by atoms with Gasteiger partial charge in [0.2, 0.25) is 0 Å². The summed E-state index contributed by atoms with van der Waals surface area (Å²) in [5, 5.41) is 14.3. The first-order valence-corrected chi connectivity index (χ1v) is 22.7. The summed E-state index contributed by atoms with van der Waals surface area (Å²) in [7, 11) is 0. The number of allylic oxidation sites excluding steroid dienone is 1. The molecule has 0 bridgehead atoms. The smallest absolute Gasteiger partial charge is 0.197 e. The number of hydrogen-bond acceptors (Lipinski definition) is 3. The summed E-state index contributed by atoms with van der Waals surface area (Å²) < 4.78 is 0. The van der Waals surface area contributed by atoms with E-state index < -0.39 is 0 Å². The number of nitrogens with zero attached hydrogens (tertiary/aromatic N) is 1. The maximum atomic E-state index is 13.7. The van der Waals surface area contributed by atoms with Gasteiger partial charge in [-0.2, -0.15) is 0 Å². The van der Waals surface area contributed by atoms with Crippen LogP contribution in [-0.2, 0) is 10.8 Å². The van der Waals surface area contributed by atoms with E-state index in [1.807, 2.05) is 18.2 Å². The van der Waals surface area contributed by atoms with Gasteiger partial charge < -0.3 is 4.90 Å². The zero-order chi connectivity index (χ0) is 44.5. The predicted molar refractivity (Wildman–Crippen MR) is 274 cm³/mol. The molecule has 1 aliphatic rings. The van der Waals surface area contributed by atoms with Gasteiger partial charge in [-0.3, -0.25) is 9.59 Å². The van der Waals surface area contributed by atoms with E-state index in [4.69, 9.17) is 0 Å². The summed E-state index contributed by atoms with van der Waals surface area (Å²) in [5.41, 5.74) is 10.3. The number of ketones is 2. The molecule has 3 heteroatoms. The van der Waals surface area contributed by atoms with Crippen LogP contribution in [0.25, 0.3) is 81.8 Å². The molecule has 3 nitrogen and oxygen atoms in total. The van der Waals surface area contributed by atoms with E-state index in [0.29, 0.717) is 11.1 Å². The third-order valence-electron chi connectivity index (χ3n) is 14.0. The summed E-state index contributed by atoms with van der Waals surface area (Å²) in [4.78, 5) is 29.8. The molecule has 312 valence electrons. The molecule has 0 saturated heterocycles. The first-order chi connectivity index (χ1) is 31.4. The third kappa shape index (κ3) is 5.81.